The van der Waals surface area contributed by atoms with Crippen LogP contribution in [0.15, 0.2) is 22.6 Å². The molecular weight excluding hydrogens is 232 g/mol. The van der Waals surface area contributed by atoms with Crippen molar-refractivity contribution in [2.75, 3.05) is 7.11 Å². The number of methoxy groups -OCH3 is 1. The maximum absolute atomic E-state index is 11.0. The van der Waals surface area contributed by atoms with Gasteiger partial charge in [-0.1, -0.05) is 26.8 Å². The molecule has 18 heavy (non-hydrogen) atoms. The van der Waals surface area contributed by atoms with Gasteiger partial charge in [0.15, 0.2) is 11.3 Å². The number of hydrogen-bond acceptors (Lipinski definition) is 3. The number of carboxylic acids is 1. The number of ether oxygens (including phenoxy) is 1. The molecule has 0 amide bonds. The molecule has 0 saturated carbocycles. The van der Waals surface area contributed by atoms with Gasteiger partial charge in [0.05, 0.1) is 7.11 Å². The molecule has 0 radical (unpaired) electrons. The van der Waals surface area contributed by atoms with E-state index < -0.39 is 5.97 Å². The molecule has 0 unspecified atom stereocenters. The molecule has 2 aromatic rings. The van der Waals surface area contributed by atoms with E-state index in [1.807, 2.05) is 6.07 Å². The second kappa shape index (κ2) is 4.05. The summed E-state index contributed by atoms with van der Waals surface area (Å²) in [7, 11) is 1.54. The van der Waals surface area contributed by atoms with Gasteiger partial charge in [-0.15, -0.1) is 0 Å². The molecule has 0 fully saturated rings. The highest BCUT2D eigenvalue weighted by Crippen LogP contribution is 2.36. The Morgan fingerprint density at radius 2 is 2.00 bits per heavy atom. The maximum atomic E-state index is 11.0. The van der Waals surface area contributed by atoms with E-state index in [4.69, 9.17) is 14.3 Å². The number of furan rings is 1. The summed E-state index contributed by atoms with van der Waals surface area (Å²) < 4.78 is 10.6. The minimum absolute atomic E-state index is 0.0694. The van der Waals surface area contributed by atoms with Gasteiger partial charge < -0.3 is 14.3 Å². The zero-order valence-corrected chi connectivity index (χ0v) is 10.9. The lowest BCUT2D eigenvalue weighted by atomic mass is 9.85. The van der Waals surface area contributed by atoms with Crippen molar-refractivity contribution in [3.05, 3.63) is 29.5 Å². The van der Waals surface area contributed by atoms with E-state index in [-0.39, 0.29) is 11.2 Å². The minimum Gasteiger partial charge on any atom is -0.493 e. The average molecular weight is 248 g/mol. The Balaban J connectivity index is 2.80. The van der Waals surface area contributed by atoms with Crippen molar-refractivity contribution in [3.8, 4) is 5.75 Å². The van der Waals surface area contributed by atoms with Crippen LogP contribution in [0, 0.1) is 0 Å². The van der Waals surface area contributed by atoms with Gasteiger partial charge >= 0.3 is 5.97 Å². The number of aromatic carboxylic acids is 1. The SMILES string of the molecule is COc1ccc(C(C)(C)C)c2cc(C(=O)O)oc12. The number of hydrogen-bond donors (Lipinski definition) is 1. The third-order valence-electron chi connectivity index (χ3n) is 2.89. The van der Waals surface area contributed by atoms with Crippen LogP contribution in [-0.2, 0) is 5.41 Å². The Morgan fingerprint density at radius 1 is 1.33 bits per heavy atom. The van der Waals surface area contributed by atoms with Gasteiger partial charge in [-0.3, -0.25) is 0 Å². The predicted molar refractivity (Wildman–Crippen MR) is 68.4 cm³/mol. The van der Waals surface area contributed by atoms with Gasteiger partial charge in [0, 0.05) is 5.39 Å². The molecule has 4 nitrogen and oxygen atoms in total. The molecule has 0 bridgehead atoms. The molecule has 1 N–H and O–H groups in total. The van der Waals surface area contributed by atoms with Crippen LogP contribution >= 0.6 is 0 Å². The van der Waals surface area contributed by atoms with Crippen molar-refractivity contribution in [1.29, 1.82) is 0 Å². The zero-order chi connectivity index (χ0) is 13.5. The molecule has 1 aromatic heterocycles. The Morgan fingerprint density at radius 3 is 2.50 bits per heavy atom. The lowest BCUT2D eigenvalue weighted by molar-refractivity contribution is 0.0665. The van der Waals surface area contributed by atoms with Crippen LogP contribution in [0.4, 0.5) is 0 Å². The van der Waals surface area contributed by atoms with Gasteiger partial charge in [-0.25, -0.2) is 4.79 Å². The number of carbonyl (C=O) groups is 1. The summed E-state index contributed by atoms with van der Waals surface area (Å²) in [5.41, 5.74) is 1.43. The van der Waals surface area contributed by atoms with Crippen molar-refractivity contribution in [2.45, 2.75) is 26.2 Å². The summed E-state index contributed by atoms with van der Waals surface area (Å²) in [5.74, 6) is -0.599. The van der Waals surface area contributed by atoms with Crippen molar-refractivity contribution in [1.82, 2.24) is 0 Å². The Labute approximate surface area is 105 Å². The summed E-state index contributed by atoms with van der Waals surface area (Å²) >= 11 is 0. The fraction of sp³-hybridized carbons (Fsp3) is 0.357. The minimum atomic E-state index is -1.08. The van der Waals surface area contributed by atoms with Gasteiger partial charge in [-0.2, -0.15) is 0 Å². The molecule has 0 aliphatic heterocycles. The normalized spacial score (nSPS) is 11.8. The molecule has 0 atom stereocenters. The van der Waals surface area contributed by atoms with Gasteiger partial charge in [-0.05, 0) is 23.1 Å². The summed E-state index contributed by atoms with van der Waals surface area (Å²) in [4.78, 5) is 11.0. The topological polar surface area (TPSA) is 59.7 Å². The summed E-state index contributed by atoms with van der Waals surface area (Å²) in [6, 6.07) is 5.31. The average Bonchev–Trinajstić information content (AvgIpc) is 2.70. The predicted octanol–water partition coefficient (Wildman–Crippen LogP) is 3.44. The number of benzene rings is 1. The first-order chi connectivity index (χ1) is 8.34. The zero-order valence-electron chi connectivity index (χ0n) is 10.9. The standard InChI is InChI=1S/C14H16O4/c1-14(2,3)9-5-6-10(17-4)12-8(9)7-11(18-12)13(15)16/h5-7H,1-4H3,(H,15,16). The molecule has 0 aliphatic carbocycles. The van der Waals surface area contributed by atoms with Crippen molar-refractivity contribution in [2.24, 2.45) is 0 Å². The van der Waals surface area contributed by atoms with E-state index in [0.29, 0.717) is 11.3 Å². The smallest absolute Gasteiger partial charge is 0.371 e. The third-order valence-corrected chi connectivity index (χ3v) is 2.89. The molecule has 1 aromatic carbocycles. The van der Waals surface area contributed by atoms with Gasteiger partial charge in [0.1, 0.15) is 0 Å². The fourth-order valence-electron chi connectivity index (χ4n) is 2.02. The van der Waals surface area contributed by atoms with Gasteiger partial charge in [0.2, 0.25) is 5.76 Å². The Hall–Kier alpha value is -1.97. The first-order valence-corrected chi connectivity index (χ1v) is 5.69. The summed E-state index contributed by atoms with van der Waals surface area (Å²) in [5, 5.41) is 9.80. The van der Waals surface area contributed by atoms with E-state index in [9.17, 15) is 4.79 Å². The molecule has 2 rings (SSSR count). The van der Waals surface area contributed by atoms with E-state index in [1.54, 1.807) is 12.1 Å². The van der Waals surface area contributed by atoms with E-state index in [1.165, 1.54) is 7.11 Å². The van der Waals surface area contributed by atoms with Crippen LogP contribution in [0.25, 0.3) is 11.0 Å². The van der Waals surface area contributed by atoms with E-state index >= 15 is 0 Å². The van der Waals surface area contributed by atoms with Crippen LogP contribution in [0.1, 0.15) is 36.9 Å². The molecule has 1 heterocycles. The highest BCUT2D eigenvalue weighted by molar-refractivity contribution is 5.95. The Kier molecular flexibility index (Phi) is 2.81. The monoisotopic (exact) mass is 248 g/mol. The van der Waals surface area contributed by atoms with Crippen LogP contribution in [0.2, 0.25) is 0 Å². The second-order valence-corrected chi connectivity index (χ2v) is 5.22. The van der Waals surface area contributed by atoms with Crippen LogP contribution in [-0.4, -0.2) is 18.2 Å². The molecule has 96 valence electrons. The molecule has 0 saturated heterocycles. The van der Waals surface area contributed by atoms with Crippen LogP contribution in [0.5, 0.6) is 5.75 Å². The second-order valence-electron chi connectivity index (χ2n) is 5.22. The molecule has 0 aliphatic rings. The largest absolute Gasteiger partial charge is 0.493 e. The van der Waals surface area contributed by atoms with E-state index in [0.717, 1.165) is 10.9 Å². The number of carboxylic acid groups (broad SMARTS) is 1. The highest BCUT2D eigenvalue weighted by Gasteiger charge is 2.22. The first kappa shape index (κ1) is 12.5. The third kappa shape index (κ3) is 1.94. The highest BCUT2D eigenvalue weighted by atomic mass is 16.5. The molecule has 0 spiro atoms. The van der Waals surface area contributed by atoms with Crippen molar-refractivity contribution >= 4 is 16.9 Å². The number of rotatable bonds is 2. The fourth-order valence-corrected chi connectivity index (χ4v) is 2.02. The summed E-state index contributed by atoms with van der Waals surface area (Å²) in [6.45, 7) is 6.21. The van der Waals surface area contributed by atoms with Crippen molar-refractivity contribution < 1.29 is 19.1 Å². The Bertz CT molecular complexity index is 602. The quantitative estimate of drug-likeness (QED) is 0.884. The van der Waals surface area contributed by atoms with Crippen LogP contribution < -0.4 is 4.74 Å². The van der Waals surface area contributed by atoms with Gasteiger partial charge in [0.25, 0.3) is 0 Å². The van der Waals surface area contributed by atoms with E-state index in [2.05, 4.69) is 20.8 Å². The van der Waals surface area contributed by atoms with Crippen molar-refractivity contribution in [3.63, 3.8) is 0 Å². The van der Waals surface area contributed by atoms with Crippen LogP contribution in [0.3, 0.4) is 0 Å². The summed E-state index contributed by atoms with van der Waals surface area (Å²) in [6.07, 6.45) is 0. The number of fused-ring (bicyclic) bond motifs is 1. The lowest BCUT2D eigenvalue weighted by Crippen LogP contribution is -2.11. The molecule has 4 heteroatoms. The molecular formula is C14H16O4. The lowest BCUT2D eigenvalue weighted by Gasteiger charge is -2.20. The first-order valence-electron chi connectivity index (χ1n) is 5.69. The maximum Gasteiger partial charge on any atom is 0.371 e.